The highest BCUT2D eigenvalue weighted by Crippen LogP contribution is 2.05. The molecular weight excluding hydrogens is 110 g/mol. The van der Waals surface area contributed by atoms with Crippen molar-refractivity contribution >= 4 is 11.6 Å². The van der Waals surface area contributed by atoms with Gasteiger partial charge in [0.05, 0.1) is 0 Å². The van der Waals surface area contributed by atoms with Crippen molar-refractivity contribution in [3.05, 3.63) is 0 Å². The van der Waals surface area contributed by atoms with Crippen molar-refractivity contribution in [1.82, 2.24) is 0 Å². The second kappa shape index (κ2) is 3.28. The Morgan fingerprint density at radius 3 is 2.00 bits per heavy atom. The number of halogens is 1. The summed E-state index contributed by atoms with van der Waals surface area (Å²) in [5.41, 5.74) is 5.29. The summed E-state index contributed by atoms with van der Waals surface area (Å²) in [5.74, 6) is 0.446. The standard InChI is InChI=1S/C5H12ClN/c1-4(3-7)5(2)6/h4-5H,3,7H2,1-2H3/t4-,5?/m0/s1. The molecule has 0 saturated carbocycles. The molecule has 0 aromatic rings. The Bertz CT molecular complexity index is 45.3. The number of hydrogen-bond acceptors (Lipinski definition) is 1. The molecule has 0 aromatic heterocycles. The van der Waals surface area contributed by atoms with E-state index in [1.54, 1.807) is 0 Å². The third kappa shape index (κ3) is 2.89. The minimum atomic E-state index is 0.213. The molecule has 0 fully saturated rings. The molecule has 0 saturated heterocycles. The van der Waals surface area contributed by atoms with Crippen LogP contribution in [-0.2, 0) is 0 Å². The Hall–Kier alpha value is 0.250. The highest BCUT2D eigenvalue weighted by Gasteiger charge is 2.03. The molecule has 0 heterocycles. The van der Waals surface area contributed by atoms with Gasteiger partial charge in [0.1, 0.15) is 0 Å². The summed E-state index contributed by atoms with van der Waals surface area (Å²) in [4.78, 5) is 0. The molecule has 2 heteroatoms. The lowest BCUT2D eigenvalue weighted by molar-refractivity contribution is 0.583. The van der Waals surface area contributed by atoms with E-state index in [0.717, 1.165) is 0 Å². The zero-order valence-electron chi connectivity index (χ0n) is 4.82. The molecule has 0 bridgehead atoms. The minimum absolute atomic E-state index is 0.213. The lowest BCUT2D eigenvalue weighted by Gasteiger charge is -2.08. The number of hydrogen-bond donors (Lipinski definition) is 1. The lowest BCUT2D eigenvalue weighted by atomic mass is 10.1. The van der Waals surface area contributed by atoms with Gasteiger partial charge in [-0.3, -0.25) is 0 Å². The second-order valence-corrected chi connectivity index (χ2v) is 2.58. The van der Waals surface area contributed by atoms with Crippen LogP contribution >= 0.6 is 11.6 Å². The van der Waals surface area contributed by atoms with Crippen LogP contribution in [0.3, 0.4) is 0 Å². The number of alkyl halides is 1. The molecule has 0 aliphatic carbocycles. The molecule has 0 aliphatic rings. The summed E-state index contributed by atoms with van der Waals surface area (Å²) < 4.78 is 0. The molecule has 2 N–H and O–H groups in total. The van der Waals surface area contributed by atoms with E-state index in [1.165, 1.54) is 0 Å². The smallest absolute Gasteiger partial charge is 0.0345 e. The van der Waals surface area contributed by atoms with Crippen molar-refractivity contribution in [2.45, 2.75) is 19.2 Å². The van der Waals surface area contributed by atoms with Crippen molar-refractivity contribution in [3.63, 3.8) is 0 Å². The van der Waals surface area contributed by atoms with Gasteiger partial charge in [-0.1, -0.05) is 6.92 Å². The lowest BCUT2D eigenvalue weighted by Crippen LogP contribution is -2.17. The molecule has 7 heavy (non-hydrogen) atoms. The SMILES string of the molecule is CC(Cl)[C@@H](C)CN. The maximum Gasteiger partial charge on any atom is 0.0345 e. The van der Waals surface area contributed by atoms with Crippen LogP contribution < -0.4 is 5.73 Å². The first-order valence-corrected chi connectivity index (χ1v) is 2.96. The molecular formula is C5H12ClN. The number of rotatable bonds is 2. The molecule has 0 aromatic carbocycles. The highest BCUT2D eigenvalue weighted by molar-refractivity contribution is 6.20. The largest absolute Gasteiger partial charge is 0.330 e. The molecule has 2 atom stereocenters. The highest BCUT2D eigenvalue weighted by atomic mass is 35.5. The zero-order chi connectivity index (χ0) is 5.86. The summed E-state index contributed by atoms with van der Waals surface area (Å²) in [6.07, 6.45) is 0. The molecule has 0 amide bonds. The Balaban J connectivity index is 3.14. The van der Waals surface area contributed by atoms with Gasteiger partial charge in [-0.2, -0.15) is 0 Å². The Morgan fingerprint density at radius 1 is 1.57 bits per heavy atom. The summed E-state index contributed by atoms with van der Waals surface area (Å²) in [5, 5.41) is 0.213. The van der Waals surface area contributed by atoms with Crippen molar-refractivity contribution in [2.24, 2.45) is 11.7 Å². The van der Waals surface area contributed by atoms with E-state index in [2.05, 4.69) is 0 Å². The predicted molar refractivity (Wildman–Crippen MR) is 33.5 cm³/mol. The molecule has 0 spiro atoms. The quantitative estimate of drug-likeness (QED) is 0.546. The predicted octanol–water partition coefficient (Wildman–Crippen LogP) is 1.21. The monoisotopic (exact) mass is 121 g/mol. The Morgan fingerprint density at radius 2 is 2.00 bits per heavy atom. The molecule has 0 radical (unpaired) electrons. The molecule has 1 nitrogen and oxygen atoms in total. The Labute approximate surface area is 49.8 Å². The fraction of sp³-hybridized carbons (Fsp3) is 1.00. The van der Waals surface area contributed by atoms with Crippen LogP contribution in [0.5, 0.6) is 0 Å². The summed E-state index contributed by atoms with van der Waals surface area (Å²) >= 11 is 5.65. The number of nitrogens with two attached hydrogens (primary N) is 1. The second-order valence-electron chi connectivity index (χ2n) is 1.89. The maximum absolute atomic E-state index is 5.65. The summed E-state index contributed by atoms with van der Waals surface area (Å²) in [6, 6.07) is 0. The van der Waals surface area contributed by atoms with E-state index in [0.29, 0.717) is 12.5 Å². The molecule has 1 unspecified atom stereocenters. The van der Waals surface area contributed by atoms with E-state index in [1.807, 2.05) is 13.8 Å². The van der Waals surface area contributed by atoms with E-state index >= 15 is 0 Å². The van der Waals surface area contributed by atoms with E-state index in [9.17, 15) is 0 Å². The summed E-state index contributed by atoms with van der Waals surface area (Å²) in [6.45, 7) is 4.68. The fourth-order valence-electron chi connectivity index (χ4n) is 0.188. The minimum Gasteiger partial charge on any atom is -0.330 e. The van der Waals surface area contributed by atoms with Gasteiger partial charge in [0.2, 0.25) is 0 Å². The van der Waals surface area contributed by atoms with Crippen LogP contribution in [0.2, 0.25) is 0 Å². The summed E-state index contributed by atoms with van der Waals surface area (Å²) in [7, 11) is 0. The van der Waals surface area contributed by atoms with Gasteiger partial charge in [-0.15, -0.1) is 11.6 Å². The first kappa shape index (κ1) is 7.25. The molecule has 44 valence electrons. The normalized spacial score (nSPS) is 18.9. The van der Waals surface area contributed by atoms with Crippen LogP contribution in [0.25, 0.3) is 0 Å². The third-order valence-electron chi connectivity index (χ3n) is 1.16. The topological polar surface area (TPSA) is 26.0 Å². The van der Waals surface area contributed by atoms with Gasteiger partial charge in [-0.25, -0.2) is 0 Å². The van der Waals surface area contributed by atoms with Crippen LogP contribution in [0.1, 0.15) is 13.8 Å². The van der Waals surface area contributed by atoms with Crippen LogP contribution in [-0.4, -0.2) is 11.9 Å². The van der Waals surface area contributed by atoms with E-state index in [-0.39, 0.29) is 5.38 Å². The fourth-order valence-corrected chi connectivity index (χ4v) is 0.290. The first-order valence-electron chi connectivity index (χ1n) is 2.52. The zero-order valence-corrected chi connectivity index (χ0v) is 5.57. The van der Waals surface area contributed by atoms with Gasteiger partial charge >= 0.3 is 0 Å². The van der Waals surface area contributed by atoms with Gasteiger partial charge in [0.25, 0.3) is 0 Å². The first-order chi connectivity index (χ1) is 3.18. The van der Waals surface area contributed by atoms with Crippen LogP contribution in [0.15, 0.2) is 0 Å². The van der Waals surface area contributed by atoms with Crippen LogP contribution in [0, 0.1) is 5.92 Å². The van der Waals surface area contributed by atoms with Crippen molar-refractivity contribution in [3.8, 4) is 0 Å². The molecule has 0 aliphatic heterocycles. The van der Waals surface area contributed by atoms with E-state index in [4.69, 9.17) is 17.3 Å². The van der Waals surface area contributed by atoms with Crippen molar-refractivity contribution < 1.29 is 0 Å². The van der Waals surface area contributed by atoms with E-state index < -0.39 is 0 Å². The third-order valence-corrected chi connectivity index (χ3v) is 1.59. The maximum atomic E-state index is 5.65. The van der Waals surface area contributed by atoms with Gasteiger partial charge < -0.3 is 5.73 Å². The van der Waals surface area contributed by atoms with Crippen LogP contribution in [0.4, 0.5) is 0 Å². The average molecular weight is 122 g/mol. The van der Waals surface area contributed by atoms with Crippen molar-refractivity contribution in [1.29, 1.82) is 0 Å². The average Bonchev–Trinajstić information content (AvgIpc) is 1.65. The van der Waals surface area contributed by atoms with Gasteiger partial charge in [0.15, 0.2) is 0 Å². The van der Waals surface area contributed by atoms with Gasteiger partial charge in [0, 0.05) is 5.38 Å². The molecule has 0 rings (SSSR count). The van der Waals surface area contributed by atoms with Crippen molar-refractivity contribution in [2.75, 3.05) is 6.54 Å². The Kier molecular flexibility index (Phi) is 3.39. The van der Waals surface area contributed by atoms with Gasteiger partial charge in [-0.05, 0) is 19.4 Å².